The summed E-state index contributed by atoms with van der Waals surface area (Å²) in [6.45, 7) is 2.54. The quantitative estimate of drug-likeness (QED) is 0.215. The number of hydrogen-bond acceptors (Lipinski definition) is 7. The number of carbonyl (C=O) groups excluding carboxylic acids is 1. The maximum atomic E-state index is 12.6. The van der Waals surface area contributed by atoms with Crippen LogP contribution in [0.4, 0.5) is 5.82 Å². The molecule has 0 unspecified atom stereocenters. The van der Waals surface area contributed by atoms with Crippen molar-refractivity contribution in [3.63, 3.8) is 0 Å². The Labute approximate surface area is 221 Å². The van der Waals surface area contributed by atoms with Gasteiger partial charge < -0.3 is 19.7 Å². The minimum absolute atomic E-state index is 0.0981. The molecule has 0 aliphatic carbocycles. The highest BCUT2D eigenvalue weighted by Gasteiger charge is 2.15. The summed E-state index contributed by atoms with van der Waals surface area (Å²) in [5.74, 6) is 2.87. The lowest BCUT2D eigenvalue weighted by atomic mass is 10.1. The van der Waals surface area contributed by atoms with Crippen LogP contribution in [0.5, 0.6) is 11.5 Å². The molecule has 7 nitrogen and oxygen atoms in total. The lowest BCUT2D eigenvalue weighted by Crippen LogP contribution is -2.30. The number of hydrogen-bond donors (Lipinski definition) is 1. The van der Waals surface area contributed by atoms with Gasteiger partial charge in [-0.25, -0.2) is 9.97 Å². The lowest BCUT2D eigenvalue weighted by molar-refractivity contribution is 0.0954. The van der Waals surface area contributed by atoms with Crippen LogP contribution in [0.25, 0.3) is 0 Å². The predicted octanol–water partition coefficient (Wildman–Crippen LogP) is 5.40. The van der Waals surface area contributed by atoms with Crippen LogP contribution >= 0.6 is 23.4 Å². The van der Waals surface area contributed by atoms with E-state index in [1.165, 1.54) is 19.3 Å². The fourth-order valence-corrected chi connectivity index (χ4v) is 5.13. The first-order chi connectivity index (χ1) is 17.6. The molecule has 1 fully saturated rings. The van der Waals surface area contributed by atoms with Crippen molar-refractivity contribution in [2.45, 2.75) is 36.6 Å². The Balaban J connectivity index is 1.27. The summed E-state index contributed by atoms with van der Waals surface area (Å²) in [5, 5.41) is 4.11. The number of amides is 1. The molecular weight excluding hydrogens is 496 g/mol. The van der Waals surface area contributed by atoms with E-state index in [0.717, 1.165) is 30.0 Å². The molecule has 1 aliphatic heterocycles. The molecule has 0 bridgehead atoms. The average molecular weight is 527 g/mol. The molecule has 190 valence electrons. The van der Waals surface area contributed by atoms with Crippen molar-refractivity contribution < 1.29 is 14.3 Å². The van der Waals surface area contributed by atoms with Gasteiger partial charge >= 0.3 is 0 Å². The molecule has 0 atom stereocenters. The Morgan fingerprint density at radius 1 is 0.972 bits per heavy atom. The summed E-state index contributed by atoms with van der Waals surface area (Å²) < 4.78 is 10.6. The molecule has 9 heteroatoms. The molecular formula is C27H31ClN4O3S. The summed E-state index contributed by atoms with van der Waals surface area (Å²) >= 11 is 7.81. The van der Waals surface area contributed by atoms with Gasteiger partial charge in [-0.2, -0.15) is 0 Å². The topological polar surface area (TPSA) is 76.6 Å². The van der Waals surface area contributed by atoms with Crippen LogP contribution in [0.1, 0.15) is 40.7 Å². The third-order valence-electron chi connectivity index (χ3n) is 6.07. The van der Waals surface area contributed by atoms with Crippen molar-refractivity contribution in [3.8, 4) is 11.5 Å². The van der Waals surface area contributed by atoms with Crippen LogP contribution < -0.4 is 19.7 Å². The second-order valence-corrected chi connectivity index (χ2v) is 9.89. The zero-order valence-corrected chi connectivity index (χ0v) is 22.2. The van der Waals surface area contributed by atoms with Gasteiger partial charge in [0.2, 0.25) is 0 Å². The van der Waals surface area contributed by atoms with Crippen LogP contribution in [0.3, 0.4) is 0 Å². The van der Waals surface area contributed by atoms with Crippen LogP contribution in [0.15, 0.2) is 53.7 Å². The van der Waals surface area contributed by atoms with Crippen LogP contribution in [-0.2, 0) is 12.2 Å². The van der Waals surface area contributed by atoms with Crippen molar-refractivity contribution >= 4 is 35.1 Å². The molecule has 1 aromatic heterocycles. The van der Waals surface area contributed by atoms with Gasteiger partial charge in [-0.1, -0.05) is 41.6 Å². The van der Waals surface area contributed by atoms with Crippen molar-refractivity contribution in [2.24, 2.45) is 0 Å². The molecule has 1 aliphatic rings. The maximum Gasteiger partial charge on any atom is 0.251 e. The Morgan fingerprint density at radius 2 is 1.69 bits per heavy atom. The number of methoxy groups -OCH3 is 2. The van der Waals surface area contributed by atoms with Gasteiger partial charge in [0.15, 0.2) is 16.7 Å². The first-order valence-electron chi connectivity index (χ1n) is 12.1. The van der Waals surface area contributed by atoms with Gasteiger partial charge in [-0.15, -0.1) is 0 Å². The largest absolute Gasteiger partial charge is 0.493 e. The number of ether oxygens (including phenoxy) is 2. The third-order valence-corrected chi connectivity index (χ3v) is 7.18. The Bertz CT molecular complexity index is 1170. The summed E-state index contributed by atoms with van der Waals surface area (Å²) in [6.07, 6.45) is 4.32. The minimum Gasteiger partial charge on any atom is -0.493 e. The van der Waals surface area contributed by atoms with Crippen LogP contribution in [0.2, 0.25) is 5.15 Å². The smallest absolute Gasteiger partial charge is 0.251 e. The first-order valence-corrected chi connectivity index (χ1v) is 13.4. The van der Waals surface area contributed by atoms with Gasteiger partial charge in [-0.3, -0.25) is 4.79 Å². The van der Waals surface area contributed by atoms with E-state index in [4.69, 9.17) is 26.1 Å². The monoisotopic (exact) mass is 526 g/mol. The highest BCUT2D eigenvalue weighted by Crippen LogP contribution is 2.28. The Hall–Kier alpha value is -2.97. The van der Waals surface area contributed by atoms with Crippen LogP contribution in [-0.4, -0.2) is 49.7 Å². The van der Waals surface area contributed by atoms with E-state index in [-0.39, 0.29) is 5.91 Å². The number of aromatic nitrogens is 2. The number of carbonyl (C=O) groups is 1. The zero-order chi connectivity index (χ0) is 25.3. The number of piperidine rings is 1. The van der Waals surface area contributed by atoms with Crippen molar-refractivity contribution in [1.29, 1.82) is 0 Å². The molecule has 3 aromatic rings. The molecule has 2 heterocycles. The van der Waals surface area contributed by atoms with Gasteiger partial charge in [0, 0.05) is 37.0 Å². The number of nitrogens with zero attached hydrogens (tertiary/aromatic N) is 3. The van der Waals surface area contributed by atoms with E-state index in [2.05, 4.69) is 15.2 Å². The molecule has 1 amide bonds. The molecule has 4 rings (SSSR count). The molecule has 0 spiro atoms. The number of nitrogens with one attached hydrogen (secondary N) is 1. The molecule has 0 radical (unpaired) electrons. The molecule has 1 N–H and O–H groups in total. The molecule has 0 saturated carbocycles. The van der Waals surface area contributed by atoms with Crippen molar-refractivity contribution in [2.75, 3.05) is 38.8 Å². The molecule has 2 aromatic carbocycles. The average Bonchev–Trinajstić information content (AvgIpc) is 2.92. The Kier molecular flexibility index (Phi) is 9.30. The number of anilines is 1. The van der Waals surface area contributed by atoms with E-state index < -0.39 is 0 Å². The first kappa shape index (κ1) is 26.1. The molecule has 1 saturated heterocycles. The van der Waals surface area contributed by atoms with Crippen LogP contribution in [0, 0.1) is 0 Å². The highest BCUT2D eigenvalue weighted by atomic mass is 35.5. The standard InChI is InChI=1S/C27H31ClN4O3S/c1-34-22-11-8-19(16-23(22)35-2)12-13-29-26(33)21-9-6-20(7-10-21)18-36-27-30-24(28)17-25(31-27)32-14-4-3-5-15-32/h6-11,16-17H,3-5,12-15,18H2,1-2H3,(H,29,33). The number of halogens is 1. The number of benzene rings is 2. The highest BCUT2D eigenvalue weighted by molar-refractivity contribution is 7.98. The van der Waals surface area contributed by atoms with Gasteiger partial charge in [-0.05, 0) is 61.1 Å². The second-order valence-electron chi connectivity index (χ2n) is 8.56. The lowest BCUT2D eigenvalue weighted by Gasteiger charge is -2.27. The summed E-state index contributed by atoms with van der Waals surface area (Å²) in [7, 11) is 3.22. The normalized spacial score (nSPS) is 13.4. The maximum absolute atomic E-state index is 12.6. The predicted molar refractivity (Wildman–Crippen MR) is 145 cm³/mol. The number of thioether (sulfide) groups is 1. The molecule has 36 heavy (non-hydrogen) atoms. The van der Waals surface area contributed by atoms with Gasteiger partial charge in [0.1, 0.15) is 11.0 Å². The number of rotatable bonds is 10. The fourth-order valence-electron chi connectivity index (χ4n) is 4.09. The summed E-state index contributed by atoms with van der Waals surface area (Å²) in [6, 6.07) is 15.2. The van der Waals surface area contributed by atoms with Crippen molar-refractivity contribution in [3.05, 3.63) is 70.4 Å². The minimum atomic E-state index is -0.0981. The van der Waals surface area contributed by atoms with Gasteiger partial charge in [0.05, 0.1) is 14.2 Å². The Morgan fingerprint density at radius 3 is 2.42 bits per heavy atom. The summed E-state index contributed by atoms with van der Waals surface area (Å²) in [4.78, 5) is 23.9. The van der Waals surface area contributed by atoms with Crippen molar-refractivity contribution in [1.82, 2.24) is 15.3 Å². The third kappa shape index (κ3) is 7.04. The van der Waals surface area contributed by atoms with E-state index in [1.807, 2.05) is 48.5 Å². The second kappa shape index (κ2) is 12.8. The van der Waals surface area contributed by atoms with E-state index in [1.54, 1.807) is 26.0 Å². The summed E-state index contributed by atoms with van der Waals surface area (Å²) in [5.41, 5.74) is 2.78. The van der Waals surface area contributed by atoms with E-state index in [9.17, 15) is 4.79 Å². The fraction of sp³-hybridized carbons (Fsp3) is 0.370. The SMILES string of the molecule is COc1ccc(CCNC(=O)c2ccc(CSc3nc(Cl)cc(N4CCCCC4)n3)cc2)cc1OC. The van der Waals surface area contributed by atoms with E-state index >= 15 is 0 Å². The van der Waals surface area contributed by atoms with Gasteiger partial charge in [0.25, 0.3) is 5.91 Å². The zero-order valence-electron chi connectivity index (χ0n) is 20.6. The van der Waals surface area contributed by atoms with E-state index in [0.29, 0.717) is 46.1 Å².